The standard InChI is InChI=1S/C27H28N4O5/c1-3-15-35-23-13-11-21(12-14-23)30-26(33)27(34)31-28-17-20-8-4-5-10-24(20)36-18-25(32)29-22-9-6-7-19(2)16-22/h4-14,16-17H,3,15,18H2,1-2H3,(H,29,32)(H,30,33)(H,31,34)/b28-17-. The van der Waals surface area contributed by atoms with Gasteiger partial charge >= 0.3 is 11.8 Å². The maximum Gasteiger partial charge on any atom is 0.329 e. The Morgan fingerprint density at radius 3 is 2.39 bits per heavy atom. The number of carbonyl (C=O) groups excluding carboxylic acids is 3. The Labute approximate surface area is 209 Å². The van der Waals surface area contributed by atoms with Crippen molar-refractivity contribution >= 4 is 35.3 Å². The quantitative estimate of drug-likeness (QED) is 0.227. The molecule has 0 atom stereocenters. The second-order valence-electron chi connectivity index (χ2n) is 7.77. The molecule has 3 aromatic carbocycles. The van der Waals surface area contributed by atoms with E-state index in [1.54, 1.807) is 54.6 Å². The molecule has 36 heavy (non-hydrogen) atoms. The number of para-hydroxylation sites is 1. The Bertz CT molecular complexity index is 1220. The monoisotopic (exact) mass is 488 g/mol. The highest BCUT2D eigenvalue weighted by Crippen LogP contribution is 2.17. The number of hydrogen-bond acceptors (Lipinski definition) is 6. The first kappa shape index (κ1) is 26.0. The molecular formula is C27H28N4O5. The van der Waals surface area contributed by atoms with Crippen LogP contribution in [0.5, 0.6) is 11.5 Å². The minimum Gasteiger partial charge on any atom is -0.494 e. The van der Waals surface area contributed by atoms with E-state index in [4.69, 9.17) is 9.47 Å². The van der Waals surface area contributed by atoms with Crippen molar-refractivity contribution in [3.63, 3.8) is 0 Å². The van der Waals surface area contributed by atoms with Crippen LogP contribution < -0.4 is 25.5 Å². The van der Waals surface area contributed by atoms with E-state index in [2.05, 4.69) is 21.2 Å². The molecule has 0 fully saturated rings. The van der Waals surface area contributed by atoms with E-state index in [9.17, 15) is 14.4 Å². The van der Waals surface area contributed by atoms with E-state index in [-0.39, 0.29) is 12.5 Å². The summed E-state index contributed by atoms with van der Waals surface area (Å²) in [7, 11) is 0. The summed E-state index contributed by atoms with van der Waals surface area (Å²) in [6.45, 7) is 4.33. The Kier molecular flexibility index (Phi) is 9.58. The van der Waals surface area contributed by atoms with Gasteiger partial charge < -0.3 is 20.1 Å². The summed E-state index contributed by atoms with van der Waals surface area (Å²) in [4.78, 5) is 36.5. The predicted octanol–water partition coefficient (Wildman–Crippen LogP) is 3.89. The fourth-order valence-electron chi connectivity index (χ4n) is 3.04. The van der Waals surface area contributed by atoms with Crippen LogP contribution in [-0.4, -0.2) is 37.1 Å². The Morgan fingerprint density at radius 1 is 0.861 bits per heavy atom. The number of amides is 3. The van der Waals surface area contributed by atoms with Gasteiger partial charge in [0.1, 0.15) is 11.5 Å². The van der Waals surface area contributed by atoms with Crippen LogP contribution in [0.1, 0.15) is 24.5 Å². The lowest BCUT2D eigenvalue weighted by atomic mass is 10.2. The minimum absolute atomic E-state index is 0.212. The normalized spacial score (nSPS) is 10.5. The van der Waals surface area contributed by atoms with Crippen molar-refractivity contribution in [2.24, 2.45) is 5.10 Å². The number of anilines is 2. The van der Waals surface area contributed by atoms with Gasteiger partial charge in [-0.15, -0.1) is 0 Å². The highest BCUT2D eigenvalue weighted by atomic mass is 16.5. The summed E-state index contributed by atoms with van der Waals surface area (Å²) in [5.41, 5.74) is 4.86. The molecule has 0 spiro atoms. The lowest BCUT2D eigenvalue weighted by Gasteiger charge is -2.10. The molecular weight excluding hydrogens is 460 g/mol. The average molecular weight is 489 g/mol. The fraction of sp³-hybridized carbons (Fsp3) is 0.185. The first-order chi connectivity index (χ1) is 17.4. The third kappa shape index (κ3) is 8.28. The van der Waals surface area contributed by atoms with E-state index >= 15 is 0 Å². The van der Waals surface area contributed by atoms with Gasteiger partial charge in [0, 0.05) is 16.9 Å². The van der Waals surface area contributed by atoms with Gasteiger partial charge in [0.2, 0.25) is 0 Å². The molecule has 0 bridgehead atoms. The second-order valence-corrected chi connectivity index (χ2v) is 7.77. The van der Waals surface area contributed by atoms with Gasteiger partial charge in [-0.1, -0.05) is 31.2 Å². The van der Waals surface area contributed by atoms with Gasteiger partial charge in [-0.05, 0) is 67.4 Å². The fourth-order valence-corrected chi connectivity index (χ4v) is 3.04. The minimum atomic E-state index is -0.937. The molecule has 0 unspecified atom stereocenters. The van der Waals surface area contributed by atoms with Crippen molar-refractivity contribution in [2.75, 3.05) is 23.8 Å². The Morgan fingerprint density at radius 2 is 1.64 bits per heavy atom. The molecule has 3 N–H and O–H groups in total. The van der Waals surface area contributed by atoms with Crippen LogP contribution in [0, 0.1) is 6.92 Å². The summed E-state index contributed by atoms with van der Waals surface area (Å²) < 4.78 is 11.1. The number of ether oxygens (including phenoxy) is 2. The number of nitrogens with one attached hydrogen (secondary N) is 3. The van der Waals surface area contributed by atoms with Gasteiger partial charge in [-0.3, -0.25) is 14.4 Å². The topological polar surface area (TPSA) is 118 Å². The maximum atomic E-state index is 12.2. The van der Waals surface area contributed by atoms with Crippen molar-refractivity contribution < 1.29 is 23.9 Å². The zero-order chi connectivity index (χ0) is 25.8. The lowest BCUT2D eigenvalue weighted by Crippen LogP contribution is -2.32. The zero-order valence-electron chi connectivity index (χ0n) is 20.1. The molecule has 0 saturated heterocycles. The van der Waals surface area contributed by atoms with Crippen molar-refractivity contribution in [1.82, 2.24) is 5.43 Å². The SMILES string of the molecule is CCCOc1ccc(NC(=O)C(=O)N/N=C\c2ccccc2OCC(=O)Nc2cccc(C)c2)cc1. The molecule has 0 radical (unpaired) electrons. The summed E-state index contributed by atoms with van der Waals surface area (Å²) in [6, 6.07) is 21.0. The zero-order valence-corrected chi connectivity index (χ0v) is 20.1. The van der Waals surface area contributed by atoms with Gasteiger partial charge in [-0.2, -0.15) is 5.10 Å². The Balaban J connectivity index is 1.49. The highest BCUT2D eigenvalue weighted by Gasteiger charge is 2.13. The van der Waals surface area contributed by atoms with E-state index in [0.29, 0.717) is 35.0 Å². The summed E-state index contributed by atoms with van der Waals surface area (Å²) in [6.07, 6.45) is 2.22. The van der Waals surface area contributed by atoms with Crippen molar-refractivity contribution in [3.8, 4) is 11.5 Å². The summed E-state index contributed by atoms with van der Waals surface area (Å²) in [5, 5.41) is 9.09. The highest BCUT2D eigenvalue weighted by molar-refractivity contribution is 6.39. The van der Waals surface area contributed by atoms with Crippen LogP contribution in [0.4, 0.5) is 11.4 Å². The average Bonchev–Trinajstić information content (AvgIpc) is 2.87. The van der Waals surface area contributed by atoms with Crippen LogP contribution in [0.3, 0.4) is 0 Å². The number of aryl methyl sites for hydroxylation is 1. The smallest absolute Gasteiger partial charge is 0.329 e. The summed E-state index contributed by atoms with van der Waals surface area (Å²) in [5.74, 6) is -1.05. The van der Waals surface area contributed by atoms with Crippen LogP contribution in [0.2, 0.25) is 0 Å². The van der Waals surface area contributed by atoms with Crippen molar-refractivity contribution in [3.05, 3.63) is 83.9 Å². The van der Waals surface area contributed by atoms with E-state index in [1.165, 1.54) is 6.21 Å². The molecule has 0 saturated carbocycles. The molecule has 3 rings (SSSR count). The van der Waals surface area contributed by atoms with Gasteiger partial charge in [-0.25, -0.2) is 5.43 Å². The molecule has 3 amide bonds. The molecule has 0 aromatic heterocycles. The lowest BCUT2D eigenvalue weighted by molar-refractivity contribution is -0.136. The third-order valence-corrected chi connectivity index (χ3v) is 4.74. The molecule has 9 nitrogen and oxygen atoms in total. The number of hydrazone groups is 1. The van der Waals surface area contributed by atoms with Crippen LogP contribution >= 0.6 is 0 Å². The summed E-state index contributed by atoms with van der Waals surface area (Å²) >= 11 is 0. The van der Waals surface area contributed by atoms with Crippen LogP contribution in [0.15, 0.2) is 77.9 Å². The molecule has 0 heterocycles. The number of nitrogens with zero attached hydrogens (tertiary/aromatic N) is 1. The van der Waals surface area contributed by atoms with E-state index in [1.807, 2.05) is 32.0 Å². The van der Waals surface area contributed by atoms with Gasteiger partial charge in [0.05, 0.1) is 12.8 Å². The van der Waals surface area contributed by atoms with E-state index in [0.717, 1.165) is 12.0 Å². The number of carbonyl (C=O) groups is 3. The molecule has 0 aliphatic rings. The first-order valence-corrected chi connectivity index (χ1v) is 11.4. The van der Waals surface area contributed by atoms with Crippen LogP contribution in [0.25, 0.3) is 0 Å². The third-order valence-electron chi connectivity index (χ3n) is 4.74. The van der Waals surface area contributed by atoms with Gasteiger partial charge in [0.15, 0.2) is 6.61 Å². The Hall–Kier alpha value is -4.66. The number of benzene rings is 3. The molecule has 0 aliphatic heterocycles. The number of hydrogen-bond donors (Lipinski definition) is 3. The maximum absolute atomic E-state index is 12.2. The van der Waals surface area contributed by atoms with Crippen molar-refractivity contribution in [2.45, 2.75) is 20.3 Å². The van der Waals surface area contributed by atoms with Gasteiger partial charge in [0.25, 0.3) is 5.91 Å². The van der Waals surface area contributed by atoms with Crippen molar-refractivity contribution in [1.29, 1.82) is 0 Å². The van der Waals surface area contributed by atoms with Crippen LogP contribution in [-0.2, 0) is 14.4 Å². The molecule has 186 valence electrons. The first-order valence-electron chi connectivity index (χ1n) is 11.4. The molecule has 9 heteroatoms. The number of rotatable bonds is 10. The van der Waals surface area contributed by atoms with E-state index < -0.39 is 11.8 Å². The largest absolute Gasteiger partial charge is 0.494 e. The second kappa shape index (κ2) is 13.3. The predicted molar refractivity (Wildman–Crippen MR) is 138 cm³/mol. The molecule has 3 aromatic rings. The molecule has 0 aliphatic carbocycles.